The molecule has 14 heavy (non-hydrogen) atoms. The molecule has 1 aliphatic heterocycles. The lowest BCUT2D eigenvalue weighted by Crippen LogP contribution is -2.20. The molecule has 0 saturated heterocycles. The largest absolute Gasteiger partial charge is 0.284 e. The Kier molecular flexibility index (Phi) is 3.10. The van der Waals surface area contributed by atoms with E-state index in [1.54, 1.807) is 11.3 Å². The van der Waals surface area contributed by atoms with E-state index in [2.05, 4.69) is 10.3 Å². The monoisotopic (exact) mass is 229 g/mol. The van der Waals surface area contributed by atoms with Gasteiger partial charge in [-0.15, -0.1) is 11.3 Å². The summed E-state index contributed by atoms with van der Waals surface area (Å²) < 4.78 is 0. The molecule has 5 heteroatoms. The summed E-state index contributed by atoms with van der Waals surface area (Å²) in [5.74, 6) is 2.06. The molecule has 0 fully saturated rings. The Bertz CT molecular complexity index is 325. The Morgan fingerprint density at radius 3 is 3.21 bits per heavy atom. The average Bonchev–Trinajstić information content (AvgIpc) is 2.61. The molecule has 1 aliphatic rings. The van der Waals surface area contributed by atoms with Gasteiger partial charge in [0.1, 0.15) is 0 Å². The molecule has 0 aliphatic carbocycles. The van der Waals surface area contributed by atoms with Gasteiger partial charge in [0.25, 0.3) is 5.91 Å². The number of hydrogen-bond acceptors (Lipinski definition) is 4. The summed E-state index contributed by atoms with van der Waals surface area (Å²) in [6, 6.07) is 1.97. The van der Waals surface area contributed by atoms with Crippen LogP contribution in [0.4, 0.5) is 0 Å². The molecule has 76 valence electrons. The molecule has 0 spiro atoms. The Morgan fingerprint density at radius 1 is 1.64 bits per heavy atom. The van der Waals surface area contributed by atoms with Crippen LogP contribution in [0, 0.1) is 0 Å². The maximum atomic E-state index is 11.4. The smallest absolute Gasteiger partial charge is 0.277 e. The Labute approximate surface area is 90.8 Å². The predicted octanol–water partition coefficient (Wildman–Crippen LogP) is 1.83. The van der Waals surface area contributed by atoms with Crippen LogP contribution >= 0.6 is 23.1 Å². The van der Waals surface area contributed by atoms with E-state index in [0.29, 0.717) is 0 Å². The number of thiophene rings is 1. The summed E-state index contributed by atoms with van der Waals surface area (Å²) in [5, 5.41) is 0. The van der Waals surface area contributed by atoms with Crippen molar-refractivity contribution in [1.82, 2.24) is 5.48 Å². The highest BCUT2D eigenvalue weighted by molar-refractivity contribution is 7.98. The van der Waals surface area contributed by atoms with Crippen molar-refractivity contribution in [2.45, 2.75) is 12.2 Å². The second-order valence-electron chi connectivity index (χ2n) is 3.00. The molecule has 1 N–H and O–H groups in total. The molecule has 1 aromatic heterocycles. The van der Waals surface area contributed by atoms with E-state index >= 15 is 0 Å². The van der Waals surface area contributed by atoms with Gasteiger partial charge in [-0.1, -0.05) is 0 Å². The molecule has 0 radical (unpaired) electrons. The van der Waals surface area contributed by atoms with Crippen LogP contribution in [0.15, 0.2) is 6.07 Å². The Hall–Kier alpha value is -0.520. The maximum absolute atomic E-state index is 11.4. The third-order valence-electron chi connectivity index (χ3n) is 2.05. The number of carbonyl (C=O) groups is 1. The zero-order valence-corrected chi connectivity index (χ0v) is 9.46. The standard InChI is InChI=1S/C9H11NO2S2/c1-12-10-9(11)8-4-6-5-13-3-2-7(6)14-8/h4H,2-3,5H2,1H3,(H,10,11). The summed E-state index contributed by atoms with van der Waals surface area (Å²) >= 11 is 3.50. The van der Waals surface area contributed by atoms with Crippen molar-refractivity contribution in [2.24, 2.45) is 0 Å². The van der Waals surface area contributed by atoms with Crippen molar-refractivity contribution in [3.8, 4) is 0 Å². The summed E-state index contributed by atoms with van der Waals surface area (Å²) in [4.78, 5) is 18.1. The summed E-state index contributed by atoms with van der Waals surface area (Å²) in [6.45, 7) is 0. The first-order valence-corrected chi connectivity index (χ1v) is 6.31. The van der Waals surface area contributed by atoms with Crippen LogP contribution in [-0.4, -0.2) is 18.8 Å². The first kappa shape index (κ1) is 10.0. The molecule has 2 heterocycles. The van der Waals surface area contributed by atoms with E-state index in [4.69, 9.17) is 0 Å². The normalized spacial score (nSPS) is 14.9. The van der Waals surface area contributed by atoms with Crippen LogP contribution in [0.3, 0.4) is 0 Å². The van der Waals surface area contributed by atoms with Gasteiger partial charge in [-0.05, 0) is 23.8 Å². The minimum atomic E-state index is -0.142. The third kappa shape index (κ3) is 1.94. The maximum Gasteiger partial charge on any atom is 0.284 e. The molecule has 0 bridgehead atoms. The summed E-state index contributed by atoms with van der Waals surface area (Å²) in [7, 11) is 1.45. The first-order valence-electron chi connectivity index (χ1n) is 4.34. The minimum Gasteiger partial charge on any atom is -0.277 e. The quantitative estimate of drug-likeness (QED) is 0.786. The van der Waals surface area contributed by atoms with Crippen LogP contribution in [0.25, 0.3) is 0 Å². The van der Waals surface area contributed by atoms with E-state index in [0.717, 1.165) is 17.1 Å². The van der Waals surface area contributed by atoms with Crippen LogP contribution in [0.2, 0.25) is 0 Å². The fourth-order valence-electron chi connectivity index (χ4n) is 1.40. The molecular weight excluding hydrogens is 218 g/mol. The highest BCUT2D eigenvalue weighted by Crippen LogP contribution is 2.31. The molecule has 2 rings (SSSR count). The number of nitrogens with one attached hydrogen (secondary N) is 1. The van der Waals surface area contributed by atoms with Gasteiger partial charge in [0, 0.05) is 10.6 Å². The molecule has 1 amide bonds. The lowest BCUT2D eigenvalue weighted by Gasteiger charge is -2.08. The van der Waals surface area contributed by atoms with Gasteiger partial charge in [0.05, 0.1) is 12.0 Å². The average molecular weight is 229 g/mol. The van der Waals surface area contributed by atoms with Crippen molar-refractivity contribution in [3.05, 3.63) is 21.4 Å². The molecule has 1 aromatic rings. The molecule has 0 atom stereocenters. The van der Waals surface area contributed by atoms with Crippen molar-refractivity contribution >= 4 is 29.0 Å². The Morgan fingerprint density at radius 2 is 2.50 bits per heavy atom. The minimum absolute atomic E-state index is 0.142. The van der Waals surface area contributed by atoms with Crippen LogP contribution in [0.1, 0.15) is 20.1 Å². The summed E-state index contributed by atoms with van der Waals surface area (Å²) in [6.07, 6.45) is 1.09. The van der Waals surface area contributed by atoms with Crippen molar-refractivity contribution < 1.29 is 9.63 Å². The fraction of sp³-hybridized carbons (Fsp3) is 0.444. The number of rotatable bonds is 2. The first-order chi connectivity index (χ1) is 6.81. The molecule has 3 nitrogen and oxygen atoms in total. The van der Waals surface area contributed by atoms with Crippen molar-refractivity contribution in [2.75, 3.05) is 12.9 Å². The van der Waals surface area contributed by atoms with Gasteiger partial charge in [0.2, 0.25) is 0 Å². The number of hydroxylamine groups is 1. The highest BCUT2D eigenvalue weighted by Gasteiger charge is 2.17. The summed E-state index contributed by atoms with van der Waals surface area (Å²) in [5.41, 5.74) is 3.65. The molecule has 0 saturated carbocycles. The number of carbonyl (C=O) groups excluding carboxylic acids is 1. The fourth-order valence-corrected chi connectivity index (χ4v) is 3.66. The third-order valence-corrected chi connectivity index (χ3v) is 4.29. The second-order valence-corrected chi connectivity index (χ2v) is 5.24. The van der Waals surface area contributed by atoms with Gasteiger partial charge >= 0.3 is 0 Å². The lowest BCUT2D eigenvalue weighted by molar-refractivity contribution is 0.0542. The topological polar surface area (TPSA) is 38.3 Å². The zero-order chi connectivity index (χ0) is 9.97. The molecular formula is C9H11NO2S2. The van der Waals surface area contributed by atoms with E-state index in [9.17, 15) is 4.79 Å². The predicted molar refractivity (Wildman–Crippen MR) is 58.7 cm³/mol. The number of amides is 1. The van der Waals surface area contributed by atoms with Crippen LogP contribution < -0.4 is 5.48 Å². The number of hydrogen-bond donors (Lipinski definition) is 1. The Balaban J connectivity index is 2.19. The van der Waals surface area contributed by atoms with Gasteiger partial charge < -0.3 is 0 Å². The van der Waals surface area contributed by atoms with Gasteiger partial charge in [-0.3, -0.25) is 9.63 Å². The lowest BCUT2D eigenvalue weighted by atomic mass is 10.2. The molecule has 0 unspecified atom stereocenters. The van der Waals surface area contributed by atoms with Gasteiger partial charge in [-0.25, -0.2) is 5.48 Å². The van der Waals surface area contributed by atoms with E-state index < -0.39 is 0 Å². The number of aryl methyl sites for hydroxylation is 1. The van der Waals surface area contributed by atoms with E-state index in [1.807, 2.05) is 17.8 Å². The number of thioether (sulfide) groups is 1. The van der Waals surface area contributed by atoms with E-state index in [-0.39, 0.29) is 5.91 Å². The van der Waals surface area contributed by atoms with Gasteiger partial charge in [0.15, 0.2) is 0 Å². The van der Waals surface area contributed by atoms with Gasteiger partial charge in [-0.2, -0.15) is 11.8 Å². The van der Waals surface area contributed by atoms with Crippen molar-refractivity contribution in [3.63, 3.8) is 0 Å². The molecule has 0 aromatic carbocycles. The number of fused-ring (bicyclic) bond motifs is 1. The van der Waals surface area contributed by atoms with E-state index in [1.165, 1.54) is 23.3 Å². The highest BCUT2D eigenvalue weighted by atomic mass is 32.2. The zero-order valence-electron chi connectivity index (χ0n) is 7.83. The van der Waals surface area contributed by atoms with Crippen LogP contribution in [0.5, 0.6) is 0 Å². The second kappa shape index (κ2) is 4.33. The van der Waals surface area contributed by atoms with Crippen molar-refractivity contribution in [1.29, 1.82) is 0 Å². The SMILES string of the molecule is CONC(=O)c1cc2c(s1)CCSC2. The van der Waals surface area contributed by atoms with Crippen LogP contribution in [-0.2, 0) is 17.0 Å².